The van der Waals surface area contributed by atoms with Crippen molar-refractivity contribution >= 4 is 40.0 Å². The van der Waals surface area contributed by atoms with Gasteiger partial charge in [0.1, 0.15) is 0 Å². The van der Waals surface area contributed by atoms with E-state index < -0.39 is 0 Å². The van der Waals surface area contributed by atoms with Gasteiger partial charge in [-0.05, 0) is 61.2 Å². The number of halogens is 1. The van der Waals surface area contributed by atoms with Gasteiger partial charge in [-0.15, -0.1) is 0 Å². The molecule has 0 aliphatic carbocycles. The van der Waals surface area contributed by atoms with E-state index in [0.29, 0.717) is 24.5 Å². The predicted molar refractivity (Wildman–Crippen MR) is 116 cm³/mol. The van der Waals surface area contributed by atoms with E-state index in [4.69, 9.17) is 11.6 Å². The van der Waals surface area contributed by atoms with Gasteiger partial charge in [0, 0.05) is 47.3 Å². The number of anilines is 1. The number of benzene rings is 2. The molecular formula is C23H24ClN3O2. The van der Waals surface area contributed by atoms with Crippen molar-refractivity contribution in [1.82, 2.24) is 10.3 Å². The number of amides is 2. The molecule has 0 bridgehead atoms. The van der Waals surface area contributed by atoms with Crippen LogP contribution in [0.1, 0.15) is 23.1 Å². The Labute approximate surface area is 175 Å². The summed E-state index contributed by atoms with van der Waals surface area (Å²) in [5.74, 6) is -0.381. The highest BCUT2D eigenvalue weighted by Crippen LogP contribution is 2.29. The first-order chi connectivity index (χ1) is 13.9. The monoisotopic (exact) mass is 409 g/mol. The lowest BCUT2D eigenvalue weighted by Gasteiger charge is -2.19. The number of fused-ring (bicyclic) bond motifs is 1. The van der Waals surface area contributed by atoms with Crippen molar-refractivity contribution in [3.8, 4) is 0 Å². The predicted octanol–water partition coefficient (Wildman–Crippen LogP) is 4.15. The van der Waals surface area contributed by atoms with Crippen LogP contribution in [0.5, 0.6) is 0 Å². The number of aromatic amines is 1. The van der Waals surface area contributed by atoms with Crippen LogP contribution in [0.3, 0.4) is 0 Å². The zero-order chi connectivity index (χ0) is 20.5. The highest BCUT2D eigenvalue weighted by atomic mass is 35.5. The fourth-order valence-electron chi connectivity index (χ4n) is 3.95. The Kier molecular flexibility index (Phi) is 5.33. The molecule has 2 amide bonds. The number of hydrogen-bond donors (Lipinski definition) is 2. The molecule has 1 unspecified atom stereocenters. The number of H-pyrrole nitrogens is 1. The second-order valence-electron chi connectivity index (χ2n) is 7.74. The lowest BCUT2D eigenvalue weighted by atomic mass is 10.1. The highest BCUT2D eigenvalue weighted by Gasteiger charge is 2.35. The number of carbonyl (C=O) groups excluding carboxylic acids is 2. The van der Waals surface area contributed by atoms with E-state index >= 15 is 0 Å². The maximum atomic E-state index is 12.6. The standard InChI is InChI=1S/C23H24ClN3O2/c1-14-3-4-15(2)21(9-14)27-13-17(10-22(27)28)23(29)25-8-7-16-12-26-20-6-5-18(24)11-19(16)20/h3-6,9,11-12,17,26H,7-8,10,13H2,1-2H3,(H,25,29). The minimum absolute atomic E-state index is 0.00474. The smallest absolute Gasteiger partial charge is 0.227 e. The number of hydrogen-bond acceptors (Lipinski definition) is 2. The zero-order valence-corrected chi connectivity index (χ0v) is 17.3. The average Bonchev–Trinajstić information content (AvgIpc) is 3.27. The van der Waals surface area contributed by atoms with E-state index in [1.165, 1.54) is 0 Å². The molecule has 1 aliphatic rings. The Morgan fingerprint density at radius 3 is 2.90 bits per heavy atom. The van der Waals surface area contributed by atoms with E-state index in [2.05, 4.69) is 10.3 Å². The van der Waals surface area contributed by atoms with E-state index in [-0.39, 0.29) is 24.2 Å². The maximum absolute atomic E-state index is 12.6. The number of rotatable bonds is 5. The molecule has 29 heavy (non-hydrogen) atoms. The molecule has 150 valence electrons. The maximum Gasteiger partial charge on any atom is 0.227 e. The van der Waals surface area contributed by atoms with Gasteiger partial charge in [0.15, 0.2) is 0 Å². The van der Waals surface area contributed by atoms with Gasteiger partial charge in [-0.2, -0.15) is 0 Å². The van der Waals surface area contributed by atoms with Gasteiger partial charge in [-0.1, -0.05) is 23.7 Å². The fraction of sp³-hybridized carbons (Fsp3) is 0.304. The largest absolute Gasteiger partial charge is 0.361 e. The topological polar surface area (TPSA) is 65.2 Å². The third kappa shape index (κ3) is 4.01. The Morgan fingerprint density at radius 1 is 1.24 bits per heavy atom. The van der Waals surface area contributed by atoms with Crippen LogP contribution in [-0.4, -0.2) is 29.9 Å². The van der Waals surface area contributed by atoms with E-state index in [1.54, 1.807) is 4.90 Å². The number of nitrogens with zero attached hydrogens (tertiary/aromatic N) is 1. The van der Waals surface area contributed by atoms with Crippen LogP contribution in [0.15, 0.2) is 42.6 Å². The molecule has 6 heteroatoms. The average molecular weight is 410 g/mol. The molecule has 1 fully saturated rings. The summed E-state index contributed by atoms with van der Waals surface area (Å²) >= 11 is 6.10. The van der Waals surface area contributed by atoms with Crippen molar-refractivity contribution in [3.05, 3.63) is 64.3 Å². The van der Waals surface area contributed by atoms with Crippen LogP contribution in [0, 0.1) is 19.8 Å². The lowest BCUT2D eigenvalue weighted by Crippen LogP contribution is -2.34. The lowest BCUT2D eigenvalue weighted by molar-refractivity contribution is -0.126. The summed E-state index contributed by atoms with van der Waals surface area (Å²) in [7, 11) is 0. The van der Waals surface area contributed by atoms with Crippen LogP contribution in [0.2, 0.25) is 5.02 Å². The summed E-state index contributed by atoms with van der Waals surface area (Å²) in [6, 6.07) is 11.8. The summed E-state index contributed by atoms with van der Waals surface area (Å²) in [5.41, 5.74) is 5.19. The molecule has 2 heterocycles. The molecule has 0 saturated carbocycles. The van der Waals surface area contributed by atoms with E-state index in [0.717, 1.165) is 33.3 Å². The number of aryl methyl sites for hydroxylation is 2. The van der Waals surface area contributed by atoms with Crippen LogP contribution in [-0.2, 0) is 16.0 Å². The number of aromatic nitrogens is 1. The molecular weight excluding hydrogens is 386 g/mol. The Bertz CT molecular complexity index is 1090. The van der Waals surface area contributed by atoms with Crippen molar-refractivity contribution in [2.75, 3.05) is 18.0 Å². The second-order valence-corrected chi connectivity index (χ2v) is 8.18. The van der Waals surface area contributed by atoms with Crippen molar-refractivity contribution in [2.45, 2.75) is 26.7 Å². The first-order valence-corrected chi connectivity index (χ1v) is 10.2. The molecule has 2 aromatic carbocycles. The first-order valence-electron chi connectivity index (χ1n) is 9.83. The van der Waals surface area contributed by atoms with Gasteiger partial charge in [0.25, 0.3) is 0 Å². The van der Waals surface area contributed by atoms with E-state index in [1.807, 2.05) is 56.4 Å². The van der Waals surface area contributed by atoms with Crippen molar-refractivity contribution < 1.29 is 9.59 Å². The summed E-state index contributed by atoms with van der Waals surface area (Å²) in [6.45, 7) is 4.94. The molecule has 2 N–H and O–H groups in total. The highest BCUT2D eigenvalue weighted by molar-refractivity contribution is 6.31. The minimum atomic E-state index is -0.320. The third-order valence-corrected chi connectivity index (χ3v) is 5.81. The molecule has 0 spiro atoms. The summed E-state index contributed by atoms with van der Waals surface area (Å²) in [6.07, 6.45) is 2.91. The molecule has 4 rings (SSSR count). The van der Waals surface area contributed by atoms with Crippen molar-refractivity contribution in [2.24, 2.45) is 5.92 Å². The van der Waals surface area contributed by atoms with Gasteiger partial charge in [-0.3, -0.25) is 9.59 Å². The molecule has 1 atom stereocenters. The summed E-state index contributed by atoms with van der Waals surface area (Å²) in [4.78, 5) is 30.1. The molecule has 5 nitrogen and oxygen atoms in total. The molecule has 0 radical (unpaired) electrons. The van der Waals surface area contributed by atoms with Crippen molar-refractivity contribution in [3.63, 3.8) is 0 Å². The van der Waals surface area contributed by atoms with Crippen LogP contribution < -0.4 is 10.2 Å². The number of carbonyl (C=O) groups is 2. The molecule has 3 aromatic rings. The Balaban J connectivity index is 1.37. The van der Waals surface area contributed by atoms with Crippen LogP contribution in [0.25, 0.3) is 10.9 Å². The minimum Gasteiger partial charge on any atom is -0.361 e. The van der Waals surface area contributed by atoms with Crippen LogP contribution >= 0.6 is 11.6 Å². The van der Waals surface area contributed by atoms with E-state index in [9.17, 15) is 9.59 Å². The van der Waals surface area contributed by atoms with Gasteiger partial charge < -0.3 is 15.2 Å². The molecule has 1 saturated heterocycles. The Hall–Kier alpha value is -2.79. The van der Waals surface area contributed by atoms with Gasteiger partial charge >= 0.3 is 0 Å². The fourth-order valence-corrected chi connectivity index (χ4v) is 4.12. The third-order valence-electron chi connectivity index (χ3n) is 5.57. The SMILES string of the molecule is Cc1ccc(C)c(N2CC(C(=O)NCCc3c[nH]c4ccc(Cl)cc34)CC2=O)c1. The molecule has 1 aliphatic heterocycles. The quantitative estimate of drug-likeness (QED) is 0.664. The summed E-state index contributed by atoms with van der Waals surface area (Å²) < 4.78 is 0. The van der Waals surface area contributed by atoms with Crippen molar-refractivity contribution in [1.29, 1.82) is 0 Å². The number of nitrogens with one attached hydrogen (secondary N) is 2. The normalized spacial score (nSPS) is 16.6. The second kappa shape index (κ2) is 7.91. The van der Waals surface area contributed by atoms with Crippen LogP contribution in [0.4, 0.5) is 5.69 Å². The van der Waals surface area contributed by atoms with Gasteiger partial charge in [0.2, 0.25) is 11.8 Å². The molecule has 1 aromatic heterocycles. The summed E-state index contributed by atoms with van der Waals surface area (Å²) in [5, 5.41) is 4.76. The van der Waals surface area contributed by atoms with Gasteiger partial charge in [-0.25, -0.2) is 0 Å². The Morgan fingerprint density at radius 2 is 2.07 bits per heavy atom. The zero-order valence-electron chi connectivity index (χ0n) is 16.6. The van der Waals surface area contributed by atoms with Gasteiger partial charge in [0.05, 0.1) is 5.92 Å². The first kappa shape index (κ1) is 19.5.